The highest BCUT2D eigenvalue weighted by atomic mass is 32.2. The molecule has 1 N–H and O–H groups in total. The maximum Gasteiger partial charge on any atom is 0.261 e. The third-order valence-corrected chi connectivity index (χ3v) is 6.36. The van der Waals surface area contributed by atoms with Crippen molar-refractivity contribution in [1.82, 2.24) is 5.01 Å². The number of carbonyl (C=O) groups excluding carboxylic acids is 2. The van der Waals surface area contributed by atoms with Crippen LogP contribution in [0, 0.1) is 5.92 Å². The van der Waals surface area contributed by atoms with Crippen molar-refractivity contribution in [1.29, 1.82) is 0 Å². The number of carbonyl (C=O) groups is 2. The molecule has 0 aliphatic carbocycles. The Bertz CT molecular complexity index is 926. The molecule has 1 saturated heterocycles. The highest BCUT2D eigenvalue weighted by molar-refractivity contribution is 7.91. The maximum absolute atomic E-state index is 12.6. The summed E-state index contributed by atoms with van der Waals surface area (Å²) in [5.41, 5.74) is 0.819. The fraction of sp³-hybridized carbons (Fsp3) is 0.438. The van der Waals surface area contributed by atoms with E-state index < -0.39 is 33.6 Å². The lowest BCUT2D eigenvalue weighted by Gasteiger charge is -2.19. The first-order valence-corrected chi connectivity index (χ1v) is 9.95. The quantitative estimate of drug-likeness (QED) is 0.759. The number of ether oxygens (including phenoxy) is 2. The second-order valence-corrected chi connectivity index (χ2v) is 8.70. The smallest absolute Gasteiger partial charge is 0.261 e. The van der Waals surface area contributed by atoms with E-state index >= 15 is 0 Å². The molecule has 138 valence electrons. The van der Waals surface area contributed by atoms with Crippen molar-refractivity contribution in [3.8, 4) is 11.5 Å². The third kappa shape index (κ3) is 2.90. The molecule has 3 aliphatic rings. The van der Waals surface area contributed by atoms with E-state index in [0.29, 0.717) is 29.3 Å². The molecule has 1 fully saturated rings. The average Bonchev–Trinajstić information content (AvgIpc) is 3.24. The molecule has 0 aromatic heterocycles. The van der Waals surface area contributed by atoms with Crippen molar-refractivity contribution < 1.29 is 27.5 Å². The number of benzene rings is 1. The van der Waals surface area contributed by atoms with Gasteiger partial charge in [-0.15, -0.1) is 0 Å². The summed E-state index contributed by atoms with van der Waals surface area (Å²) < 4.78 is 33.8. The van der Waals surface area contributed by atoms with Crippen molar-refractivity contribution in [2.75, 3.05) is 23.6 Å². The lowest BCUT2D eigenvalue weighted by atomic mass is 10.0. The molecule has 3 aliphatic heterocycles. The zero-order valence-electron chi connectivity index (χ0n) is 14.0. The number of hydrazone groups is 1. The summed E-state index contributed by atoms with van der Waals surface area (Å²) in [6.45, 7) is 1.71. The first-order chi connectivity index (χ1) is 12.3. The van der Waals surface area contributed by atoms with Crippen LogP contribution in [-0.2, 0) is 19.4 Å². The van der Waals surface area contributed by atoms with Gasteiger partial charge in [0, 0.05) is 11.8 Å². The standard InChI is InChI=1S/C16H17N3O6S/c1-9-14(16(21)19(18-9)11-4-5-26(22,23)7-11)15(20)17-10-2-3-12-13(6-10)25-8-24-12/h2-3,6,11,14H,4-5,7-8H2,1H3,(H,17,20). The molecule has 0 saturated carbocycles. The summed E-state index contributed by atoms with van der Waals surface area (Å²) in [4.78, 5) is 25.2. The van der Waals surface area contributed by atoms with E-state index in [1.54, 1.807) is 25.1 Å². The number of nitrogens with zero attached hydrogens (tertiary/aromatic N) is 2. The predicted molar refractivity (Wildman–Crippen MR) is 91.7 cm³/mol. The fourth-order valence-corrected chi connectivity index (χ4v) is 5.00. The van der Waals surface area contributed by atoms with E-state index in [4.69, 9.17) is 9.47 Å². The Morgan fingerprint density at radius 1 is 1.31 bits per heavy atom. The molecule has 0 radical (unpaired) electrons. The summed E-state index contributed by atoms with van der Waals surface area (Å²) in [6.07, 6.45) is 0.335. The van der Waals surface area contributed by atoms with Crippen LogP contribution in [0.2, 0.25) is 0 Å². The van der Waals surface area contributed by atoms with Gasteiger partial charge < -0.3 is 14.8 Å². The van der Waals surface area contributed by atoms with E-state index in [-0.39, 0.29) is 18.3 Å². The van der Waals surface area contributed by atoms with E-state index in [1.165, 1.54) is 0 Å². The zero-order valence-corrected chi connectivity index (χ0v) is 14.8. The summed E-state index contributed by atoms with van der Waals surface area (Å²) in [5, 5.41) is 7.99. The van der Waals surface area contributed by atoms with E-state index in [0.717, 1.165) is 5.01 Å². The van der Waals surface area contributed by atoms with Crippen LogP contribution in [0.5, 0.6) is 11.5 Å². The largest absolute Gasteiger partial charge is 0.454 e. The van der Waals surface area contributed by atoms with Gasteiger partial charge in [0.25, 0.3) is 5.91 Å². The van der Waals surface area contributed by atoms with Crippen LogP contribution >= 0.6 is 0 Å². The number of hydrogen-bond donors (Lipinski definition) is 1. The highest BCUT2D eigenvalue weighted by Crippen LogP contribution is 2.34. The first-order valence-electron chi connectivity index (χ1n) is 8.13. The molecular weight excluding hydrogens is 362 g/mol. The number of sulfone groups is 1. The lowest BCUT2D eigenvalue weighted by molar-refractivity contribution is -0.137. The van der Waals surface area contributed by atoms with Crippen molar-refractivity contribution >= 4 is 33.1 Å². The molecule has 0 bridgehead atoms. The second-order valence-electron chi connectivity index (χ2n) is 6.47. The molecule has 2 amide bonds. The minimum Gasteiger partial charge on any atom is -0.454 e. The zero-order chi connectivity index (χ0) is 18.5. The van der Waals surface area contributed by atoms with Crippen LogP contribution < -0.4 is 14.8 Å². The summed E-state index contributed by atoms with van der Waals surface area (Å²) in [7, 11) is -3.16. The predicted octanol–water partition coefficient (Wildman–Crippen LogP) is 0.375. The monoisotopic (exact) mass is 379 g/mol. The van der Waals surface area contributed by atoms with Crippen LogP contribution in [-0.4, -0.2) is 55.3 Å². The third-order valence-electron chi connectivity index (χ3n) is 4.61. The van der Waals surface area contributed by atoms with Crippen LogP contribution in [0.25, 0.3) is 0 Å². The van der Waals surface area contributed by atoms with Gasteiger partial charge in [-0.3, -0.25) is 9.59 Å². The van der Waals surface area contributed by atoms with Gasteiger partial charge in [0.15, 0.2) is 27.3 Å². The van der Waals surface area contributed by atoms with Gasteiger partial charge in [-0.25, -0.2) is 13.4 Å². The van der Waals surface area contributed by atoms with Crippen LogP contribution in [0.4, 0.5) is 5.69 Å². The number of hydrogen-bond acceptors (Lipinski definition) is 7. The molecular formula is C16H17N3O6S. The number of fused-ring (bicyclic) bond motifs is 1. The van der Waals surface area contributed by atoms with Gasteiger partial charge in [-0.2, -0.15) is 5.10 Å². The fourth-order valence-electron chi connectivity index (χ4n) is 3.31. The normalized spacial score (nSPS) is 26.1. The number of rotatable bonds is 3. The Balaban J connectivity index is 1.48. The Hall–Kier alpha value is -2.62. The summed E-state index contributed by atoms with van der Waals surface area (Å²) in [6, 6.07) is 4.43. The van der Waals surface area contributed by atoms with E-state index in [1.807, 2.05) is 0 Å². The van der Waals surface area contributed by atoms with Crippen molar-refractivity contribution in [3.63, 3.8) is 0 Å². The second kappa shape index (κ2) is 5.97. The minimum absolute atomic E-state index is 0.0318. The maximum atomic E-state index is 12.6. The Morgan fingerprint density at radius 3 is 2.81 bits per heavy atom. The van der Waals surface area contributed by atoms with Crippen LogP contribution in [0.3, 0.4) is 0 Å². The minimum atomic E-state index is -3.16. The molecule has 3 heterocycles. The summed E-state index contributed by atoms with van der Waals surface area (Å²) in [5.74, 6) is -1.06. The SMILES string of the molecule is CC1=NN(C2CCS(=O)(=O)C2)C(=O)C1C(=O)Nc1ccc2c(c1)OCO2. The highest BCUT2D eigenvalue weighted by Gasteiger charge is 2.44. The molecule has 9 nitrogen and oxygen atoms in total. The molecule has 1 aromatic carbocycles. The number of amides is 2. The Labute approximate surface area is 149 Å². The summed E-state index contributed by atoms with van der Waals surface area (Å²) >= 11 is 0. The van der Waals surface area contributed by atoms with Crippen molar-refractivity contribution in [3.05, 3.63) is 18.2 Å². The van der Waals surface area contributed by atoms with E-state index in [2.05, 4.69) is 10.4 Å². The van der Waals surface area contributed by atoms with Crippen LogP contribution in [0.15, 0.2) is 23.3 Å². The van der Waals surface area contributed by atoms with E-state index in [9.17, 15) is 18.0 Å². The molecule has 1 aromatic rings. The van der Waals surface area contributed by atoms with Gasteiger partial charge in [-0.05, 0) is 25.5 Å². The van der Waals surface area contributed by atoms with Gasteiger partial charge in [-0.1, -0.05) is 0 Å². The average molecular weight is 379 g/mol. The molecule has 2 unspecified atom stereocenters. The van der Waals surface area contributed by atoms with Gasteiger partial charge >= 0.3 is 0 Å². The number of anilines is 1. The molecule has 4 rings (SSSR count). The Kier molecular flexibility index (Phi) is 3.87. The van der Waals surface area contributed by atoms with Crippen LogP contribution in [0.1, 0.15) is 13.3 Å². The van der Waals surface area contributed by atoms with Crippen molar-refractivity contribution in [2.24, 2.45) is 11.0 Å². The molecule has 26 heavy (non-hydrogen) atoms. The molecule has 0 spiro atoms. The first kappa shape index (κ1) is 16.8. The topological polar surface area (TPSA) is 114 Å². The number of nitrogens with one attached hydrogen (secondary N) is 1. The Morgan fingerprint density at radius 2 is 2.08 bits per heavy atom. The lowest BCUT2D eigenvalue weighted by Crippen LogP contribution is -2.40. The molecule has 10 heteroatoms. The van der Waals surface area contributed by atoms with Crippen molar-refractivity contribution in [2.45, 2.75) is 19.4 Å². The van der Waals surface area contributed by atoms with Gasteiger partial charge in [0.2, 0.25) is 12.7 Å². The van der Waals surface area contributed by atoms with Gasteiger partial charge in [0.1, 0.15) is 0 Å². The van der Waals surface area contributed by atoms with Gasteiger partial charge in [0.05, 0.1) is 23.3 Å². The molecule has 2 atom stereocenters.